The molecule has 158 valence electrons. The van der Waals surface area contributed by atoms with E-state index in [1.807, 2.05) is 0 Å². The van der Waals surface area contributed by atoms with E-state index in [4.69, 9.17) is 12.2 Å². The first-order valence-corrected chi connectivity index (χ1v) is 11.3. The summed E-state index contributed by atoms with van der Waals surface area (Å²) in [6.45, 7) is 8.48. The highest BCUT2D eigenvalue weighted by molar-refractivity contribution is 7.80. The second-order valence-electron chi connectivity index (χ2n) is 7.82. The Morgan fingerprint density at radius 2 is 1.45 bits per heavy atom. The summed E-state index contributed by atoms with van der Waals surface area (Å²) in [6, 6.07) is 28.0. The molecule has 4 heteroatoms. The molecule has 3 nitrogen and oxygen atoms in total. The molecule has 31 heavy (non-hydrogen) atoms. The van der Waals surface area contributed by atoms with Gasteiger partial charge < -0.3 is 15.5 Å². The number of hydrogen-bond donors (Lipinski definition) is 2. The minimum Gasteiger partial charge on any atom is -0.372 e. The van der Waals surface area contributed by atoms with Gasteiger partial charge in [0.25, 0.3) is 0 Å². The van der Waals surface area contributed by atoms with E-state index >= 15 is 0 Å². The van der Waals surface area contributed by atoms with Crippen LogP contribution in [0.5, 0.6) is 0 Å². The zero-order valence-corrected chi connectivity index (χ0v) is 19.2. The summed E-state index contributed by atoms with van der Waals surface area (Å²) in [4.78, 5) is 2.36. The Kier molecular flexibility index (Phi) is 6.38. The lowest BCUT2D eigenvalue weighted by Crippen LogP contribution is -2.42. The van der Waals surface area contributed by atoms with Crippen molar-refractivity contribution in [3.8, 4) is 0 Å². The van der Waals surface area contributed by atoms with Crippen LogP contribution in [0.2, 0.25) is 0 Å². The molecule has 0 saturated carbocycles. The smallest absolute Gasteiger partial charge is 0.171 e. The Hall–Kier alpha value is -3.11. The minimum absolute atomic E-state index is 0.0294. The van der Waals surface area contributed by atoms with Gasteiger partial charge in [0.05, 0.1) is 11.7 Å². The van der Waals surface area contributed by atoms with Gasteiger partial charge in [0.1, 0.15) is 0 Å². The largest absolute Gasteiger partial charge is 0.372 e. The number of nitrogens with one attached hydrogen (secondary N) is 2. The monoisotopic (exact) mass is 427 g/mol. The highest BCUT2D eigenvalue weighted by Gasteiger charge is 2.28. The van der Waals surface area contributed by atoms with E-state index in [2.05, 4.69) is 115 Å². The fourth-order valence-corrected chi connectivity index (χ4v) is 4.38. The van der Waals surface area contributed by atoms with E-state index in [0.29, 0.717) is 5.11 Å². The Balaban J connectivity index is 1.84. The first-order chi connectivity index (χ1) is 15.1. The highest BCUT2D eigenvalue weighted by Crippen LogP contribution is 2.38. The molecule has 4 rings (SSSR count). The van der Waals surface area contributed by atoms with Crippen molar-refractivity contribution in [2.45, 2.75) is 26.8 Å². The van der Waals surface area contributed by atoms with Gasteiger partial charge in [-0.2, -0.15) is 0 Å². The van der Waals surface area contributed by atoms with Crippen molar-refractivity contribution >= 4 is 34.3 Å². The molecular weight excluding hydrogens is 398 g/mol. The molecule has 0 fully saturated rings. The average molecular weight is 428 g/mol. The third-order valence-corrected chi connectivity index (χ3v) is 6.07. The molecule has 0 radical (unpaired) electrons. The molecule has 3 aromatic carbocycles. The number of aryl methyl sites for hydroxylation is 1. The number of nitrogens with zero attached hydrogens (tertiary/aromatic N) is 1. The summed E-state index contributed by atoms with van der Waals surface area (Å²) >= 11 is 5.63. The molecule has 0 saturated heterocycles. The van der Waals surface area contributed by atoms with E-state index < -0.39 is 0 Å². The lowest BCUT2D eigenvalue weighted by atomic mass is 9.88. The van der Waals surface area contributed by atoms with Crippen LogP contribution in [-0.4, -0.2) is 18.2 Å². The molecule has 0 spiro atoms. The molecule has 0 amide bonds. The predicted molar refractivity (Wildman–Crippen MR) is 136 cm³/mol. The van der Waals surface area contributed by atoms with Crippen LogP contribution in [0.15, 0.2) is 78.9 Å². The van der Waals surface area contributed by atoms with Gasteiger partial charge in [-0.1, -0.05) is 72.3 Å². The normalized spacial score (nSPS) is 16.0. The van der Waals surface area contributed by atoms with Crippen LogP contribution in [0, 0.1) is 6.92 Å². The van der Waals surface area contributed by atoms with E-state index in [0.717, 1.165) is 24.4 Å². The SMILES string of the molecule is CCN(CC)c1ccc(C2NC(=S)NC(c3ccc(C)cc3)=C2c2ccccc2)cc1. The zero-order valence-electron chi connectivity index (χ0n) is 18.4. The zero-order chi connectivity index (χ0) is 21.8. The molecule has 2 N–H and O–H groups in total. The molecule has 1 atom stereocenters. The van der Waals surface area contributed by atoms with Gasteiger partial charge in [0.2, 0.25) is 0 Å². The maximum Gasteiger partial charge on any atom is 0.171 e. The summed E-state index contributed by atoms with van der Waals surface area (Å²) in [5, 5.41) is 7.60. The molecular formula is C27H29N3S. The first kappa shape index (κ1) is 21.1. The van der Waals surface area contributed by atoms with Crippen molar-refractivity contribution in [1.29, 1.82) is 0 Å². The second kappa shape index (κ2) is 9.36. The van der Waals surface area contributed by atoms with E-state index in [1.165, 1.54) is 28.0 Å². The quantitative estimate of drug-likeness (QED) is 0.477. The minimum atomic E-state index is -0.0294. The van der Waals surface area contributed by atoms with Crippen molar-refractivity contribution in [2.24, 2.45) is 0 Å². The van der Waals surface area contributed by atoms with Crippen LogP contribution in [-0.2, 0) is 0 Å². The fraction of sp³-hybridized carbons (Fsp3) is 0.222. The highest BCUT2D eigenvalue weighted by atomic mass is 32.1. The van der Waals surface area contributed by atoms with Crippen molar-refractivity contribution in [1.82, 2.24) is 10.6 Å². The van der Waals surface area contributed by atoms with Gasteiger partial charge in [0, 0.05) is 24.4 Å². The molecule has 0 aliphatic carbocycles. The number of rotatable bonds is 6. The van der Waals surface area contributed by atoms with Crippen molar-refractivity contribution in [3.63, 3.8) is 0 Å². The lowest BCUT2D eigenvalue weighted by molar-refractivity contribution is 0.783. The number of benzene rings is 3. The van der Waals surface area contributed by atoms with E-state index in [9.17, 15) is 0 Å². The molecule has 1 aliphatic rings. The van der Waals surface area contributed by atoms with Crippen molar-refractivity contribution in [2.75, 3.05) is 18.0 Å². The Morgan fingerprint density at radius 1 is 0.806 bits per heavy atom. The van der Waals surface area contributed by atoms with E-state index in [-0.39, 0.29) is 6.04 Å². The maximum absolute atomic E-state index is 5.63. The summed E-state index contributed by atoms with van der Waals surface area (Å²) in [5.41, 5.74) is 8.26. The van der Waals surface area contributed by atoms with Crippen LogP contribution in [0.1, 0.15) is 42.1 Å². The van der Waals surface area contributed by atoms with Crippen LogP contribution >= 0.6 is 12.2 Å². The van der Waals surface area contributed by atoms with Gasteiger partial charge in [-0.3, -0.25) is 0 Å². The van der Waals surface area contributed by atoms with Crippen molar-refractivity contribution in [3.05, 3.63) is 101 Å². The third kappa shape index (κ3) is 4.49. The molecule has 1 aliphatic heterocycles. The van der Waals surface area contributed by atoms with Crippen LogP contribution in [0.3, 0.4) is 0 Å². The predicted octanol–water partition coefficient (Wildman–Crippen LogP) is 5.93. The number of hydrogen-bond acceptors (Lipinski definition) is 2. The summed E-state index contributed by atoms with van der Waals surface area (Å²) in [6.07, 6.45) is 0. The Bertz CT molecular complexity index is 1070. The van der Waals surface area contributed by atoms with Gasteiger partial charge >= 0.3 is 0 Å². The molecule has 1 heterocycles. The molecule has 1 unspecified atom stereocenters. The number of anilines is 1. The van der Waals surface area contributed by atoms with Crippen LogP contribution in [0.25, 0.3) is 11.3 Å². The molecule has 0 aromatic heterocycles. The van der Waals surface area contributed by atoms with Gasteiger partial charge in [0.15, 0.2) is 5.11 Å². The molecule has 3 aromatic rings. The summed E-state index contributed by atoms with van der Waals surface area (Å²) < 4.78 is 0. The van der Waals surface area contributed by atoms with Gasteiger partial charge in [-0.15, -0.1) is 0 Å². The van der Waals surface area contributed by atoms with Crippen LogP contribution in [0.4, 0.5) is 5.69 Å². The molecule has 0 bridgehead atoms. The number of thiocarbonyl (C=S) groups is 1. The Morgan fingerprint density at radius 3 is 2.06 bits per heavy atom. The topological polar surface area (TPSA) is 27.3 Å². The van der Waals surface area contributed by atoms with Gasteiger partial charge in [-0.25, -0.2) is 0 Å². The second-order valence-corrected chi connectivity index (χ2v) is 8.22. The fourth-order valence-electron chi connectivity index (χ4n) is 4.16. The third-order valence-electron chi connectivity index (χ3n) is 5.85. The Labute approximate surface area is 190 Å². The first-order valence-electron chi connectivity index (χ1n) is 10.9. The standard InChI is InChI=1S/C27H29N3S/c1-4-30(5-2)23-17-15-22(16-18-23)26-24(20-9-7-6-8-10-20)25(28-27(31)29-26)21-13-11-19(3)12-14-21/h6-18,26H,4-5H2,1-3H3,(H2,28,29,31). The van der Waals surface area contributed by atoms with Crippen LogP contribution < -0.4 is 15.5 Å². The van der Waals surface area contributed by atoms with E-state index in [1.54, 1.807) is 0 Å². The van der Waals surface area contributed by atoms with Crippen molar-refractivity contribution < 1.29 is 0 Å². The average Bonchev–Trinajstić information content (AvgIpc) is 2.81. The lowest BCUT2D eigenvalue weighted by Gasteiger charge is -2.33. The maximum atomic E-state index is 5.63. The summed E-state index contributed by atoms with van der Waals surface area (Å²) in [5.74, 6) is 0. The van der Waals surface area contributed by atoms with Gasteiger partial charge in [-0.05, 0) is 61.8 Å². The summed E-state index contributed by atoms with van der Waals surface area (Å²) in [7, 11) is 0.